The third-order valence-corrected chi connectivity index (χ3v) is 21.3. The zero-order chi connectivity index (χ0) is 157. The van der Waals surface area contributed by atoms with Gasteiger partial charge in [-0.3, -0.25) is 9.13 Å². The first-order chi connectivity index (χ1) is 97.6. The van der Waals surface area contributed by atoms with Crippen molar-refractivity contribution < 1.29 is 161 Å². The smallest absolute Gasteiger partial charge is 0.268 e. The molecule has 7 heterocycles. The molecular weight excluding hydrogens is 2070 g/mol. The van der Waals surface area contributed by atoms with Gasteiger partial charge in [0.2, 0.25) is 0 Å². The van der Waals surface area contributed by atoms with E-state index in [2.05, 4.69) is 46.9 Å². The standard InChI is InChI=1S/C65H47N5O.C62H50N4O.2Pt/c1-43-33-34-57-53(37-43)54-40-61(69-55-29-13-11-25-51(55)52-26-12-14-30-56(52)69)62(41-60(54)70(57)63-38-46(35-36-66-63)65(2,3)4)71-48-24-17-23-47(39-48)67-42-68(59-32-16-15-31-58(59)67)64-49(44-19-7-5-8-20-44)27-18-28-50(64)45-21-9-6-10-22-45;1-61(2,3)46-30-27-42(28-31-46)45-29-34-55-54(37-45)53-33-32-50(40-58(53)66(55)59-38-47(35-36-63-59)62(4,5)6)67-49-22-15-21-48(39-49)64-41-65(57-26-14-13-25-56(57)64)60-51(43-17-9-7-10-18-43)23-16-24-52(60)44-19-11-8-12-20-44;;/h5-38,40H,1-4H3;7-38H,1-6H3;;/q2*-2;;/i5D,6D,7D,8D,9D,10D,11D,12D,13D,14D,15D,16D,17D,18D,19D,20D,21D,22D,23D,24D,25D,26D,27D,28D,29D,30D,31D,32D,33D,34D,35D,36D,37D,38D,40D;1D3,2D3,7D,8D,9D,10D,11D,12D,13D,14D,15D,16D,17D,18D,19D,20D,21D,22D,23D,24D,25D,26D,27D,28D,29D,30D,31D,32D,33D,34D,35D,36D,37D,38D;;. The van der Waals surface area contributed by atoms with Crippen LogP contribution in [0.3, 0.4) is 0 Å². The number of benzene rings is 17. The molecule has 0 saturated heterocycles. The molecule has 17 aromatic carbocycles. The molecule has 0 radical (unpaired) electrons. The summed E-state index contributed by atoms with van der Waals surface area (Å²) >= 11 is 0. The van der Waals surface area contributed by atoms with Crippen LogP contribution in [-0.4, -0.2) is 32.8 Å². The molecule has 24 aromatic rings. The van der Waals surface area contributed by atoms with Gasteiger partial charge in [0.15, 0.2) is 0 Å². The molecule has 13 heteroatoms. The maximum atomic E-state index is 10.6. The Balaban J connectivity index is 0.000000230. The number of aromatic nitrogens is 9. The second kappa shape index (κ2) is 37.0. The summed E-state index contributed by atoms with van der Waals surface area (Å²) in [6.07, 6.45) is 3.78. The van der Waals surface area contributed by atoms with E-state index >= 15 is 0 Å². The molecule has 0 fully saturated rings. The summed E-state index contributed by atoms with van der Waals surface area (Å²) in [6.45, 7) is 4.54. The predicted molar refractivity (Wildman–Crippen MR) is 562 cm³/mol. The molecule has 0 bridgehead atoms. The zero-order valence-electron chi connectivity index (χ0n) is 146. The van der Waals surface area contributed by atoms with Crippen molar-refractivity contribution >= 4 is 87.5 Å². The number of rotatable bonds is 16. The minimum atomic E-state index is -3.52. The topological polar surface area (TPSA) is 76.7 Å². The van der Waals surface area contributed by atoms with Gasteiger partial charge in [-0.1, -0.05) is 374 Å². The van der Waals surface area contributed by atoms with Gasteiger partial charge in [-0.2, -0.15) is 30.2 Å². The number of hydrogen-bond donors (Lipinski definition) is 0. The summed E-state index contributed by atoms with van der Waals surface area (Å²) in [4.78, 5) is 8.57. The summed E-state index contributed by atoms with van der Waals surface area (Å²) in [5.41, 5.74) is -27.8. The van der Waals surface area contributed by atoms with Crippen molar-refractivity contribution in [1.29, 1.82) is 0 Å². The first-order valence-corrected chi connectivity index (χ1v) is 41.2. The van der Waals surface area contributed by atoms with E-state index in [1.54, 1.807) is 41.5 Å². The van der Waals surface area contributed by atoms with Crippen molar-refractivity contribution in [2.75, 3.05) is 0 Å². The Morgan fingerprint density at radius 1 is 0.300 bits per heavy atom. The first kappa shape index (κ1) is 40.1. The van der Waals surface area contributed by atoms with E-state index in [0.29, 0.717) is 25.2 Å². The first-order valence-electron chi connectivity index (χ1n) is 77.7. The van der Waals surface area contributed by atoms with E-state index in [0.717, 1.165) is 13.7 Å². The zero-order valence-corrected chi connectivity index (χ0v) is 77.5. The van der Waals surface area contributed by atoms with E-state index in [1.807, 2.05) is 0 Å². The summed E-state index contributed by atoms with van der Waals surface area (Å²) in [7, 11) is 0. The minimum absolute atomic E-state index is 0. The third kappa shape index (κ3) is 16.8. The van der Waals surface area contributed by atoms with E-state index in [-0.39, 0.29) is 64.2 Å². The van der Waals surface area contributed by atoms with Crippen molar-refractivity contribution in [2.24, 2.45) is 0 Å². The molecule has 24 rings (SSSR count). The number of nitrogens with zero attached hydrogens (tertiary/aromatic N) is 9. The molecule has 0 atom stereocenters. The Morgan fingerprint density at radius 2 is 0.707 bits per heavy atom. The fourth-order valence-corrected chi connectivity index (χ4v) is 15.0. The van der Waals surface area contributed by atoms with E-state index in [4.69, 9.17) is 61.6 Å². The Morgan fingerprint density at radius 3 is 1.19 bits per heavy atom. The Bertz CT molecular complexity index is 13100. The molecule has 0 amide bonds. The van der Waals surface area contributed by atoms with Crippen LogP contribution in [0.25, 0.3) is 183 Å². The SMILES string of the molecule is [2H]c1nc(-n2c3[c-]c(Oc4[c-]c(-n5[c-][n+](-c6c(-c7c([2H])c([2H])c([2H])c([2H])c7[2H])c([2H])c([2H])c([2H])c6-c6c([2H])c([2H])c([2H])c([2H])c6[2H])c6c([2H])c([2H])c([2H])c([2H])c65)c([2H])c([2H])c4[2H])c(-n4c5c([2H])c([2H])c([2H])c([2H])c5c5c([2H])c([2H])c([2H])c([2H])c54)c([2H])c3c3c([2H])c(C)c([2H])c([2H])c32)c([2H])c(C(C)(C)C)c1[2H].[2H]c1nc(-n2c3[c-]c(Oc4[c-]c(-n5[c-][n+](-c6c(-c7c([2H])c([2H])c([2H])c([2H])c7[2H])c([2H])c([2H])c([2H])c6-c6c([2H])c([2H])c([2H])c([2H])c6[2H])c6c([2H])c([2H])c([2H])c([2H])c65)c([2H])c([2H])c4[2H])c([2H])c([2H])c3c3c([2H])c(-c4c([2H])c([2H])c(C(C)(C([2H])([2H])[2H])C([2H])([2H])[2H])c([2H])c4[2H])c([2H])c([2H])c32)c([2H])c(C(C)(C)C)c1[2H].[Pt].[Pt]. The summed E-state index contributed by atoms with van der Waals surface area (Å²) < 4.78 is 683. The van der Waals surface area contributed by atoms with Crippen LogP contribution in [0.1, 0.15) is 184 Å². The van der Waals surface area contributed by atoms with Gasteiger partial charge in [0, 0.05) is 124 Å². The predicted octanol–water partition coefficient (Wildman–Crippen LogP) is 30.8. The minimum Gasteiger partial charge on any atom is -0.510 e. The monoisotopic (exact) mass is 2240 g/mol. The van der Waals surface area contributed by atoms with Crippen molar-refractivity contribution in [3.63, 3.8) is 0 Å². The van der Waals surface area contributed by atoms with Crippen LogP contribution < -0.4 is 18.6 Å². The second-order valence-electron chi connectivity index (χ2n) is 32.4. The maximum absolute atomic E-state index is 10.6. The Labute approximate surface area is 946 Å². The Kier molecular flexibility index (Phi) is 10.6. The number of hydrogen-bond acceptors (Lipinski definition) is 4. The van der Waals surface area contributed by atoms with Crippen LogP contribution in [0.5, 0.6) is 23.0 Å². The summed E-state index contributed by atoms with van der Waals surface area (Å²) in [5.74, 6) is -5.26. The van der Waals surface area contributed by atoms with Gasteiger partial charge in [0.25, 0.3) is 12.7 Å². The fraction of sp³-hybridized carbons (Fsp3) is 0.102. The van der Waals surface area contributed by atoms with Crippen molar-refractivity contribution in [3.8, 4) is 119 Å². The molecule has 686 valence electrons. The van der Waals surface area contributed by atoms with E-state index < -0.39 is 641 Å². The van der Waals surface area contributed by atoms with Crippen LogP contribution in [-0.2, 0) is 58.4 Å². The van der Waals surface area contributed by atoms with Crippen molar-refractivity contribution in [2.45, 2.75) is 85.3 Å². The number of imidazole rings is 2. The van der Waals surface area contributed by atoms with Gasteiger partial charge >= 0.3 is 0 Å². The van der Waals surface area contributed by atoms with Gasteiger partial charge < -0.3 is 32.3 Å². The maximum Gasteiger partial charge on any atom is 0.268 e. The van der Waals surface area contributed by atoms with Crippen LogP contribution in [0.4, 0.5) is 0 Å². The van der Waals surface area contributed by atoms with Crippen LogP contribution in [0.2, 0.25) is 0 Å². The van der Waals surface area contributed by atoms with Crippen LogP contribution >= 0.6 is 0 Å². The van der Waals surface area contributed by atoms with Crippen molar-refractivity contribution in [1.82, 2.24) is 32.8 Å². The summed E-state index contributed by atoms with van der Waals surface area (Å²) in [6, 6.07) is -54.4. The van der Waals surface area contributed by atoms with Gasteiger partial charge in [-0.15, -0.1) is 53.8 Å². The number of para-hydroxylation sites is 8. The fourth-order valence-electron chi connectivity index (χ4n) is 15.0. The van der Waals surface area contributed by atoms with Gasteiger partial charge in [-0.25, -0.2) is 9.97 Å². The average molecular weight is 2240 g/mol. The molecule has 0 saturated carbocycles. The van der Waals surface area contributed by atoms with Crippen molar-refractivity contribution in [3.05, 3.63) is 464 Å². The molecule has 140 heavy (non-hydrogen) atoms. The molecule has 0 spiro atoms. The van der Waals surface area contributed by atoms with E-state index in [1.165, 1.54) is 6.92 Å². The normalized spacial score (nSPS) is 19.3. The van der Waals surface area contributed by atoms with Gasteiger partial charge in [0.1, 0.15) is 11.6 Å². The molecule has 7 aromatic heterocycles. The molecular formula is C127H97N9O2Pt2-4. The molecule has 0 aliphatic heterocycles. The van der Waals surface area contributed by atoms with Crippen LogP contribution in [0.15, 0.2) is 405 Å². The molecule has 0 aliphatic rings. The second-order valence-corrected chi connectivity index (χ2v) is 32.4. The molecule has 0 aliphatic carbocycles. The number of pyridine rings is 2. The quantitative estimate of drug-likeness (QED) is 0.0713. The Hall–Kier alpha value is -15.6. The van der Waals surface area contributed by atoms with Crippen LogP contribution in [0, 0.1) is 43.8 Å². The van der Waals surface area contributed by atoms with E-state index in [9.17, 15) is 48.0 Å². The van der Waals surface area contributed by atoms with Gasteiger partial charge in [-0.05, 0) is 179 Å². The summed E-state index contributed by atoms with van der Waals surface area (Å²) in [5, 5.41) is -3.24. The number of fused-ring (bicyclic) bond motifs is 11. The third-order valence-electron chi connectivity index (χ3n) is 21.3. The molecule has 11 nitrogen and oxygen atoms in total. The average Bonchev–Trinajstić information content (AvgIpc) is 1.52. The largest absolute Gasteiger partial charge is 0.510 e. The van der Waals surface area contributed by atoms with Gasteiger partial charge in [0.05, 0.1) is 113 Å². The molecule has 0 unspecified atom stereocenters. The molecule has 0 N–H and O–H groups in total. The number of ether oxygens (including phenoxy) is 2.